The van der Waals surface area contributed by atoms with Gasteiger partial charge in [-0.25, -0.2) is 0 Å². The number of esters is 1. The molecule has 0 bridgehead atoms. The molecule has 266 valence electrons. The molecule has 0 heterocycles. The third-order valence-corrected chi connectivity index (χ3v) is 9.82. The molecule has 0 spiro atoms. The molecule has 0 aliphatic heterocycles. The number of hydrogen-bond acceptors (Lipinski definition) is 11. The van der Waals surface area contributed by atoms with E-state index in [-0.39, 0.29) is 25.4 Å². The molecular formula is C38H44NO10P. The van der Waals surface area contributed by atoms with E-state index in [1.165, 1.54) is 7.11 Å². The Morgan fingerprint density at radius 3 is 1.84 bits per heavy atom. The van der Waals surface area contributed by atoms with Gasteiger partial charge in [-0.3, -0.25) is 9.36 Å². The largest absolute Gasteiger partial charge is 0.496 e. The van der Waals surface area contributed by atoms with Crippen LogP contribution in [0.15, 0.2) is 78.9 Å². The first kappa shape index (κ1) is 37.9. The predicted octanol–water partition coefficient (Wildman–Crippen LogP) is 8.42. The topological polar surface area (TPSA) is 120 Å². The van der Waals surface area contributed by atoms with Crippen molar-refractivity contribution in [2.24, 2.45) is 0 Å². The Kier molecular flexibility index (Phi) is 13.7. The van der Waals surface area contributed by atoms with Crippen LogP contribution in [0.1, 0.15) is 41.9 Å². The fourth-order valence-corrected chi connectivity index (χ4v) is 7.19. The molecule has 1 unspecified atom stereocenters. The first-order valence-corrected chi connectivity index (χ1v) is 17.6. The molecule has 0 aliphatic rings. The molecule has 11 nitrogen and oxygen atoms in total. The van der Waals surface area contributed by atoms with Crippen LogP contribution < -0.4 is 33.7 Å². The molecule has 0 aliphatic carbocycles. The monoisotopic (exact) mass is 705 g/mol. The zero-order valence-corrected chi connectivity index (χ0v) is 30.3. The van der Waals surface area contributed by atoms with Gasteiger partial charge in [0, 0.05) is 11.3 Å². The number of ether oxygens (including phenoxy) is 6. The highest BCUT2D eigenvalue weighted by Gasteiger charge is 2.38. The molecule has 1 atom stereocenters. The molecule has 4 aromatic carbocycles. The first-order chi connectivity index (χ1) is 24.2. The lowest BCUT2D eigenvalue weighted by molar-refractivity contribution is -0.133. The second-order valence-corrected chi connectivity index (χ2v) is 12.8. The van der Waals surface area contributed by atoms with Gasteiger partial charge >= 0.3 is 13.6 Å². The van der Waals surface area contributed by atoms with Crippen LogP contribution in [0.5, 0.6) is 34.5 Å². The highest BCUT2D eigenvalue weighted by Crippen LogP contribution is 2.62. The van der Waals surface area contributed by atoms with Gasteiger partial charge in [0.25, 0.3) is 0 Å². The molecule has 12 heteroatoms. The Morgan fingerprint density at radius 2 is 1.26 bits per heavy atom. The third-order valence-electron chi connectivity index (χ3n) is 7.54. The average molecular weight is 706 g/mol. The number of carbonyl (C=O) groups is 1. The number of rotatable bonds is 18. The smallest absolute Gasteiger partial charge is 0.357 e. The number of anilines is 1. The number of hydrogen-bond donors (Lipinski definition) is 1. The van der Waals surface area contributed by atoms with Gasteiger partial charge in [0.05, 0.1) is 55.2 Å². The van der Waals surface area contributed by atoms with Crippen molar-refractivity contribution < 1.29 is 46.8 Å². The minimum absolute atomic E-state index is 0.00125. The van der Waals surface area contributed by atoms with Crippen LogP contribution in [0.2, 0.25) is 0 Å². The summed E-state index contributed by atoms with van der Waals surface area (Å²) < 4.78 is 58.5. The first-order valence-electron chi connectivity index (χ1n) is 16.0. The summed E-state index contributed by atoms with van der Waals surface area (Å²) in [6.45, 7) is 3.92. The van der Waals surface area contributed by atoms with E-state index in [1.807, 2.05) is 48.6 Å². The van der Waals surface area contributed by atoms with E-state index in [4.69, 9.17) is 37.5 Å². The summed E-state index contributed by atoms with van der Waals surface area (Å²) in [5.74, 6) is 1.49. The van der Waals surface area contributed by atoms with Crippen molar-refractivity contribution in [2.45, 2.75) is 26.1 Å². The molecule has 0 saturated heterocycles. The second kappa shape index (κ2) is 18.2. The summed E-state index contributed by atoms with van der Waals surface area (Å²) in [7, 11) is 4.06. The van der Waals surface area contributed by atoms with Crippen molar-refractivity contribution in [1.82, 2.24) is 0 Å². The standard InChI is InChI=1S/C38H44NO10P/c1-8-47-50(41,48-9-2)38(30-12-10-11-13-31(30)42-3)39-29-19-16-27(17-20-29)25-36(40)49-33-22-26(18-21-32(33)43-4)14-15-28-23-34(44-5)37(46-7)35(24-28)45-6/h10-24,38-39H,8-9,25H2,1-7H3/b15-14-. The van der Waals surface area contributed by atoms with E-state index < -0.39 is 19.3 Å². The lowest BCUT2D eigenvalue weighted by atomic mass is 10.1. The maximum absolute atomic E-state index is 14.0. The van der Waals surface area contributed by atoms with E-state index in [1.54, 1.807) is 84.8 Å². The lowest BCUT2D eigenvalue weighted by Crippen LogP contribution is -2.16. The molecule has 0 saturated carbocycles. The van der Waals surface area contributed by atoms with Crippen LogP contribution >= 0.6 is 7.60 Å². The highest BCUT2D eigenvalue weighted by molar-refractivity contribution is 7.54. The van der Waals surface area contributed by atoms with Crippen LogP contribution in [0.4, 0.5) is 5.69 Å². The van der Waals surface area contributed by atoms with E-state index in [0.717, 1.165) is 11.1 Å². The molecule has 4 rings (SSSR count). The SMILES string of the molecule is CCOP(=O)(OCC)C(Nc1ccc(CC(=O)Oc2cc(/C=C\c3cc(OC)c(OC)c(OC)c3)ccc2OC)cc1)c1ccccc1OC. The van der Waals surface area contributed by atoms with Gasteiger partial charge in [-0.2, -0.15) is 0 Å². The van der Waals surface area contributed by atoms with Crippen molar-refractivity contribution in [3.63, 3.8) is 0 Å². The number of benzene rings is 4. The maximum atomic E-state index is 14.0. The summed E-state index contributed by atoms with van der Waals surface area (Å²) >= 11 is 0. The Balaban J connectivity index is 1.50. The Bertz CT molecular complexity index is 1770. The van der Waals surface area contributed by atoms with Crippen LogP contribution in [-0.2, 0) is 24.8 Å². The van der Waals surface area contributed by atoms with Gasteiger partial charge in [-0.05, 0) is 73.0 Å². The van der Waals surface area contributed by atoms with Gasteiger partial charge in [-0.1, -0.05) is 48.6 Å². The summed E-state index contributed by atoms with van der Waals surface area (Å²) in [4.78, 5) is 13.1. The number of carbonyl (C=O) groups excluding carboxylic acids is 1. The van der Waals surface area contributed by atoms with Crippen molar-refractivity contribution in [3.05, 3.63) is 101 Å². The summed E-state index contributed by atoms with van der Waals surface area (Å²) in [6, 6.07) is 23.4. The Morgan fingerprint density at radius 1 is 0.680 bits per heavy atom. The number of para-hydroxylation sites is 1. The average Bonchev–Trinajstić information content (AvgIpc) is 3.13. The minimum Gasteiger partial charge on any atom is -0.496 e. The molecule has 0 aromatic heterocycles. The molecule has 4 aromatic rings. The lowest BCUT2D eigenvalue weighted by Gasteiger charge is -2.29. The van der Waals surface area contributed by atoms with Crippen molar-refractivity contribution >= 4 is 31.4 Å². The van der Waals surface area contributed by atoms with Crippen molar-refractivity contribution in [2.75, 3.05) is 54.1 Å². The fourth-order valence-electron chi connectivity index (χ4n) is 5.23. The second-order valence-electron chi connectivity index (χ2n) is 10.7. The van der Waals surface area contributed by atoms with Crippen LogP contribution in [0.3, 0.4) is 0 Å². The summed E-state index contributed by atoms with van der Waals surface area (Å²) in [6.07, 6.45) is 3.76. The maximum Gasteiger partial charge on any atom is 0.357 e. The van der Waals surface area contributed by atoms with E-state index in [2.05, 4.69) is 5.32 Å². The summed E-state index contributed by atoms with van der Waals surface area (Å²) in [5.41, 5.74) is 3.58. The Hall–Kier alpha value is -4.96. The van der Waals surface area contributed by atoms with Gasteiger partial charge in [0.1, 0.15) is 5.75 Å². The van der Waals surface area contributed by atoms with Crippen LogP contribution in [-0.4, -0.2) is 54.7 Å². The van der Waals surface area contributed by atoms with Gasteiger partial charge in [-0.15, -0.1) is 0 Å². The molecule has 0 radical (unpaired) electrons. The fraction of sp³-hybridized carbons (Fsp3) is 0.289. The van der Waals surface area contributed by atoms with E-state index in [0.29, 0.717) is 45.6 Å². The predicted molar refractivity (Wildman–Crippen MR) is 194 cm³/mol. The molecule has 50 heavy (non-hydrogen) atoms. The van der Waals surface area contributed by atoms with Gasteiger partial charge in [0.2, 0.25) is 5.75 Å². The molecule has 1 N–H and O–H groups in total. The number of nitrogens with one attached hydrogen (secondary N) is 1. The molecule has 0 fully saturated rings. The number of methoxy groups -OCH3 is 5. The highest BCUT2D eigenvalue weighted by atomic mass is 31.2. The minimum atomic E-state index is -3.67. The van der Waals surface area contributed by atoms with Gasteiger partial charge < -0.3 is 42.8 Å². The van der Waals surface area contributed by atoms with Crippen LogP contribution in [0, 0.1) is 0 Å². The van der Waals surface area contributed by atoms with Crippen molar-refractivity contribution in [1.29, 1.82) is 0 Å². The summed E-state index contributed by atoms with van der Waals surface area (Å²) in [5, 5.41) is 3.31. The zero-order valence-electron chi connectivity index (χ0n) is 29.4. The molecular weight excluding hydrogens is 661 g/mol. The van der Waals surface area contributed by atoms with Crippen LogP contribution in [0.25, 0.3) is 12.2 Å². The van der Waals surface area contributed by atoms with E-state index >= 15 is 0 Å². The third kappa shape index (κ3) is 9.38. The van der Waals surface area contributed by atoms with E-state index in [9.17, 15) is 9.36 Å². The molecule has 0 amide bonds. The Labute approximate surface area is 293 Å². The zero-order chi connectivity index (χ0) is 36.1. The normalized spacial score (nSPS) is 11.9. The van der Waals surface area contributed by atoms with Crippen molar-refractivity contribution in [3.8, 4) is 34.5 Å². The quantitative estimate of drug-likeness (QED) is 0.0465. The van der Waals surface area contributed by atoms with Gasteiger partial charge in [0.15, 0.2) is 28.8 Å².